The first kappa shape index (κ1) is 21.1. The standard InChI is InChI=1S/C26H27N3OS/c1-6-13-29-23-12-11-20(16(2)3)14-21(23)18(5)24(29)25(30)28-26-27-22(15-31-26)19-9-7-17(4)8-10-19/h6-12,14-16H,1,13H2,2-5H3,(H,27,28,30). The van der Waals surface area contributed by atoms with Crippen LogP contribution >= 0.6 is 11.3 Å². The van der Waals surface area contributed by atoms with E-state index < -0.39 is 0 Å². The molecule has 0 radical (unpaired) electrons. The molecule has 0 bridgehead atoms. The molecule has 2 heterocycles. The number of rotatable bonds is 6. The summed E-state index contributed by atoms with van der Waals surface area (Å²) in [6.45, 7) is 12.9. The molecule has 0 unspecified atom stereocenters. The minimum Gasteiger partial charge on any atom is -0.332 e. The van der Waals surface area contributed by atoms with E-state index in [-0.39, 0.29) is 5.91 Å². The summed E-state index contributed by atoms with van der Waals surface area (Å²) < 4.78 is 2.03. The third kappa shape index (κ3) is 4.06. The number of nitrogens with one attached hydrogen (secondary N) is 1. The molecule has 31 heavy (non-hydrogen) atoms. The Morgan fingerprint density at radius 2 is 1.94 bits per heavy atom. The van der Waals surface area contributed by atoms with Gasteiger partial charge >= 0.3 is 0 Å². The van der Waals surface area contributed by atoms with E-state index in [9.17, 15) is 4.79 Å². The van der Waals surface area contributed by atoms with E-state index in [0.29, 0.717) is 23.3 Å². The highest BCUT2D eigenvalue weighted by molar-refractivity contribution is 7.14. The fourth-order valence-electron chi connectivity index (χ4n) is 3.85. The molecule has 0 fully saturated rings. The largest absolute Gasteiger partial charge is 0.332 e. The predicted octanol–water partition coefficient (Wildman–Crippen LogP) is 6.94. The van der Waals surface area contributed by atoms with Crippen LogP contribution in [0.3, 0.4) is 0 Å². The molecule has 1 amide bonds. The highest BCUT2D eigenvalue weighted by atomic mass is 32.1. The van der Waals surface area contributed by atoms with Gasteiger partial charge in [0.05, 0.1) is 5.69 Å². The molecule has 0 atom stereocenters. The van der Waals surface area contributed by atoms with Crippen molar-refractivity contribution in [3.8, 4) is 11.3 Å². The van der Waals surface area contributed by atoms with Crippen LogP contribution in [-0.2, 0) is 6.54 Å². The van der Waals surface area contributed by atoms with Gasteiger partial charge in [-0.15, -0.1) is 17.9 Å². The normalized spacial score (nSPS) is 11.3. The van der Waals surface area contributed by atoms with Gasteiger partial charge in [-0.25, -0.2) is 4.98 Å². The lowest BCUT2D eigenvalue weighted by Gasteiger charge is -2.09. The van der Waals surface area contributed by atoms with Gasteiger partial charge in [0, 0.05) is 28.4 Å². The number of amides is 1. The van der Waals surface area contributed by atoms with E-state index in [1.165, 1.54) is 22.5 Å². The summed E-state index contributed by atoms with van der Waals surface area (Å²) in [6.07, 6.45) is 1.82. The van der Waals surface area contributed by atoms with Crippen molar-refractivity contribution in [3.05, 3.63) is 82.9 Å². The summed E-state index contributed by atoms with van der Waals surface area (Å²) in [5, 5.41) is 6.69. The van der Waals surface area contributed by atoms with Gasteiger partial charge in [0.2, 0.25) is 0 Å². The zero-order chi connectivity index (χ0) is 22.1. The van der Waals surface area contributed by atoms with Gasteiger partial charge in [0.25, 0.3) is 5.91 Å². The number of nitrogens with zero attached hydrogens (tertiary/aromatic N) is 2. The lowest BCUT2D eigenvalue weighted by molar-refractivity contribution is 0.101. The molecule has 2 aromatic carbocycles. The van der Waals surface area contributed by atoms with Crippen LogP contribution in [0.15, 0.2) is 60.5 Å². The van der Waals surface area contributed by atoms with Crippen molar-refractivity contribution in [1.29, 1.82) is 0 Å². The minimum absolute atomic E-state index is 0.147. The number of allylic oxidation sites excluding steroid dienone is 1. The summed E-state index contributed by atoms with van der Waals surface area (Å²) in [5.41, 5.74) is 7.06. The first-order valence-electron chi connectivity index (χ1n) is 10.5. The van der Waals surface area contributed by atoms with Crippen LogP contribution < -0.4 is 5.32 Å². The number of carbonyl (C=O) groups excluding carboxylic acids is 1. The summed E-state index contributed by atoms with van der Waals surface area (Å²) >= 11 is 1.44. The lowest BCUT2D eigenvalue weighted by atomic mass is 10.0. The van der Waals surface area contributed by atoms with Gasteiger partial charge in [-0.2, -0.15) is 0 Å². The Morgan fingerprint density at radius 3 is 2.61 bits per heavy atom. The first-order valence-corrected chi connectivity index (χ1v) is 11.3. The fraction of sp³-hybridized carbons (Fsp3) is 0.231. The maximum Gasteiger partial charge on any atom is 0.274 e. The number of fused-ring (bicyclic) bond motifs is 1. The van der Waals surface area contributed by atoms with E-state index in [1.54, 1.807) is 0 Å². The lowest BCUT2D eigenvalue weighted by Crippen LogP contribution is -2.18. The zero-order valence-electron chi connectivity index (χ0n) is 18.4. The molecule has 0 saturated heterocycles. The van der Waals surface area contributed by atoms with Crippen LogP contribution in [0.25, 0.3) is 22.2 Å². The van der Waals surface area contributed by atoms with E-state index in [1.807, 2.05) is 22.9 Å². The molecule has 4 rings (SSSR count). The number of thiazole rings is 1. The second-order valence-electron chi connectivity index (χ2n) is 8.16. The average molecular weight is 430 g/mol. The number of hydrogen-bond acceptors (Lipinski definition) is 3. The Bertz CT molecular complexity index is 1260. The topological polar surface area (TPSA) is 46.9 Å². The first-order chi connectivity index (χ1) is 14.9. The van der Waals surface area contributed by atoms with Crippen LogP contribution in [0.5, 0.6) is 0 Å². The van der Waals surface area contributed by atoms with Crippen molar-refractivity contribution >= 4 is 33.3 Å². The van der Waals surface area contributed by atoms with Crippen molar-refractivity contribution in [2.24, 2.45) is 0 Å². The van der Waals surface area contributed by atoms with Crippen molar-refractivity contribution in [2.75, 3.05) is 5.32 Å². The SMILES string of the molecule is C=CCn1c(C(=O)Nc2nc(-c3ccc(C)cc3)cs2)c(C)c2cc(C(C)C)ccc21. The molecule has 0 aliphatic rings. The van der Waals surface area contributed by atoms with Crippen LogP contribution in [0.4, 0.5) is 5.13 Å². The number of hydrogen-bond donors (Lipinski definition) is 1. The predicted molar refractivity (Wildman–Crippen MR) is 131 cm³/mol. The Balaban J connectivity index is 1.69. The molecular weight excluding hydrogens is 402 g/mol. The van der Waals surface area contributed by atoms with E-state index in [0.717, 1.165) is 27.7 Å². The number of benzene rings is 2. The quantitative estimate of drug-likeness (QED) is 0.337. The molecule has 1 N–H and O–H groups in total. The molecule has 2 aromatic heterocycles. The second kappa shape index (κ2) is 8.52. The Morgan fingerprint density at radius 1 is 1.19 bits per heavy atom. The maximum atomic E-state index is 13.3. The third-order valence-electron chi connectivity index (χ3n) is 5.61. The molecule has 158 valence electrons. The van der Waals surface area contributed by atoms with Crippen LogP contribution in [0.1, 0.15) is 46.9 Å². The van der Waals surface area contributed by atoms with Crippen LogP contribution in [0.2, 0.25) is 0 Å². The Hall–Kier alpha value is -3.18. The summed E-state index contributed by atoms with van der Waals surface area (Å²) in [7, 11) is 0. The van der Waals surface area contributed by atoms with Gasteiger partial charge in [0.1, 0.15) is 5.69 Å². The van der Waals surface area contributed by atoms with Crippen LogP contribution in [0, 0.1) is 13.8 Å². The number of aromatic nitrogens is 2. The van der Waals surface area contributed by atoms with Gasteiger partial charge in [-0.3, -0.25) is 10.1 Å². The van der Waals surface area contributed by atoms with Crippen LogP contribution in [-0.4, -0.2) is 15.5 Å². The van der Waals surface area contributed by atoms with Gasteiger partial charge in [-0.1, -0.05) is 55.8 Å². The molecule has 0 spiro atoms. The summed E-state index contributed by atoms with van der Waals surface area (Å²) in [4.78, 5) is 17.9. The van der Waals surface area contributed by atoms with Crippen molar-refractivity contribution < 1.29 is 4.79 Å². The van der Waals surface area contributed by atoms with Crippen molar-refractivity contribution in [2.45, 2.75) is 40.2 Å². The maximum absolute atomic E-state index is 13.3. The van der Waals surface area contributed by atoms with Gasteiger partial charge in [0.15, 0.2) is 5.13 Å². The summed E-state index contributed by atoms with van der Waals surface area (Å²) in [5.74, 6) is 0.283. The highest BCUT2D eigenvalue weighted by Gasteiger charge is 2.21. The Labute approximate surface area is 187 Å². The molecule has 4 aromatic rings. The molecular formula is C26H27N3OS. The van der Waals surface area contributed by atoms with E-state index >= 15 is 0 Å². The molecule has 4 nitrogen and oxygen atoms in total. The Kier molecular flexibility index (Phi) is 5.79. The van der Waals surface area contributed by atoms with Gasteiger partial charge in [-0.05, 0) is 43.0 Å². The molecule has 5 heteroatoms. The number of aryl methyl sites for hydroxylation is 2. The monoisotopic (exact) mass is 429 g/mol. The third-order valence-corrected chi connectivity index (χ3v) is 6.36. The molecule has 0 saturated carbocycles. The highest BCUT2D eigenvalue weighted by Crippen LogP contribution is 2.31. The van der Waals surface area contributed by atoms with Crippen molar-refractivity contribution in [1.82, 2.24) is 9.55 Å². The minimum atomic E-state index is -0.147. The molecule has 0 aliphatic carbocycles. The number of carbonyl (C=O) groups is 1. The van der Waals surface area contributed by atoms with Crippen molar-refractivity contribution in [3.63, 3.8) is 0 Å². The van der Waals surface area contributed by atoms with E-state index in [4.69, 9.17) is 0 Å². The van der Waals surface area contributed by atoms with E-state index in [2.05, 4.69) is 80.1 Å². The summed E-state index contributed by atoms with van der Waals surface area (Å²) in [6, 6.07) is 14.7. The molecule has 0 aliphatic heterocycles. The number of anilines is 1. The fourth-order valence-corrected chi connectivity index (χ4v) is 4.57. The second-order valence-corrected chi connectivity index (χ2v) is 9.02. The average Bonchev–Trinajstić information content (AvgIpc) is 3.31. The van der Waals surface area contributed by atoms with Gasteiger partial charge < -0.3 is 4.57 Å². The zero-order valence-corrected chi connectivity index (χ0v) is 19.2. The smallest absolute Gasteiger partial charge is 0.274 e.